The van der Waals surface area contributed by atoms with Crippen molar-refractivity contribution in [3.8, 4) is 17.3 Å². The molecule has 15 heteroatoms. The number of nitrogens with zero attached hydrogens (tertiary/aromatic N) is 5. The molecule has 0 fully saturated rings. The molecule has 222 valence electrons. The summed E-state index contributed by atoms with van der Waals surface area (Å²) in [5, 5.41) is 14.6. The Hall–Kier alpha value is -4.56. The van der Waals surface area contributed by atoms with Crippen LogP contribution in [0.1, 0.15) is 50.8 Å². The van der Waals surface area contributed by atoms with Crippen molar-refractivity contribution in [2.24, 2.45) is 0 Å². The van der Waals surface area contributed by atoms with Gasteiger partial charge in [0.25, 0.3) is 5.91 Å². The first kappa shape index (κ1) is 30.4. The van der Waals surface area contributed by atoms with E-state index in [-0.39, 0.29) is 34.6 Å². The Labute approximate surface area is 247 Å². The van der Waals surface area contributed by atoms with Crippen LogP contribution in [0.25, 0.3) is 11.3 Å². The molecule has 2 amide bonds. The van der Waals surface area contributed by atoms with Crippen LogP contribution in [0.5, 0.6) is 6.01 Å². The second-order valence-electron chi connectivity index (χ2n) is 10.5. The summed E-state index contributed by atoms with van der Waals surface area (Å²) in [5.41, 5.74) is 3.74. The van der Waals surface area contributed by atoms with E-state index in [1.807, 2.05) is 0 Å². The highest BCUT2D eigenvalue weighted by Crippen LogP contribution is 2.35. The van der Waals surface area contributed by atoms with Crippen LogP contribution in [0, 0.1) is 5.41 Å². The number of likely N-dealkylation sites (N-methyl/N-ethyl adjacent to an activating group) is 1. The van der Waals surface area contributed by atoms with Crippen LogP contribution >= 0.6 is 11.6 Å². The van der Waals surface area contributed by atoms with Gasteiger partial charge >= 0.3 is 12.1 Å². The van der Waals surface area contributed by atoms with Crippen molar-refractivity contribution in [2.45, 2.75) is 52.5 Å². The van der Waals surface area contributed by atoms with E-state index in [1.54, 1.807) is 59.9 Å². The number of amides is 2. The first-order valence-corrected chi connectivity index (χ1v) is 13.2. The standard InChI is InChI=1S/C27H32ClN9O5/c1-13(29)20-22-21(35-25(34-20)40-7)15-10-18(32-23(38)17-9-8-16(28)12-30-17)31-19(11-15)33-24(42-36-22)14(2)37(6)26(39)41-27(3,4)5/h8-12,14,24,29,36H,1-7H3,(H2,31,32,33,38). The molecule has 2 unspecified atom stereocenters. The van der Waals surface area contributed by atoms with Gasteiger partial charge in [0.15, 0.2) is 6.23 Å². The summed E-state index contributed by atoms with van der Waals surface area (Å²) >= 11 is 5.91. The van der Waals surface area contributed by atoms with E-state index in [0.29, 0.717) is 22.1 Å². The number of pyridine rings is 2. The molecule has 4 N–H and O–H groups in total. The fraction of sp³-hybridized carbons (Fsp3) is 0.370. The minimum Gasteiger partial charge on any atom is -0.467 e. The van der Waals surface area contributed by atoms with Crippen molar-refractivity contribution in [1.82, 2.24) is 24.8 Å². The first-order valence-electron chi connectivity index (χ1n) is 12.9. The third kappa shape index (κ3) is 7.01. The lowest BCUT2D eigenvalue weighted by Gasteiger charge is -2.33. The van der Waals surface area contributed by atoms with Crippen molar-refractivity contribution in [2.75, 3.05) is 30.3 Å². The molecule has 1 aliphatic rings. The number of halogens is 1. The molecule has 0 aromatic carbocycles. The number of anilines is 3. The number of hydrogen-bond donors (Lipinski definition) is 4. The molecule has 0 radical (unpaired) electrons. The summed E-state index contributed by atoms with van der Waals surface area (Å²) < 4.78 is 10.8. The van der Waals surface area contributed by atoms with Crippen LogP contribution in [0.15, 0.2) is 30.5 Å². The zero-order chi connectivity index (χ0) is 30.8. The van der Waals surface area contributed by atoms with E-state index < -0.39 is 29.9 Å². The Bertz CT molecular complexity index is 1510. The third-order valence-corrected chi connectivity index (χ3v) is 6.26. The zero-order valence-electron chi connectivity index (χ0n) is 24.2. The molecule has 3 aromatic heterocycles. The monoisotopic (exact) mass is 597 g/mol. The second kappa shape index (κ2) is 12.1. The van der Waals surface area contributed by atoms with Crippen molar-refractivity contribution in [3.63, 3.8) is 0 Å². The quantitative estimate of drug-likeness (QED) is 0.292. The average molecular weight is 598 g/mol. The predicted molar refractivity (Wildman–Crippen MR) is 157 cm³/mol. The van der Waals surface area contributed by atoms with E-state index in [2.05, 4.69) is 36.0 Å². The number of aromatic nitrogens is 4. The molecular weight excluding hydrogens is 566 g/mol. The Morgan fingerprint density at radius 3 is 2.57 bits per heavy atom. The maximum atomic E-state index is 13.0. The van der Waals surface area contributed by atoms with Gasteiger partial charge in [0.2, 0.25) is 0 Å². The lowest BCUT2D eigenvalue weighted by Crippen LogP contribution is -2.49. The van der Waals surface area contributed by atoms with Crippen LogP contribution in [-0.2, 0) is 9.57 Å². The highest BCUT2D eigenvalue weighted by atomic mass is 35.5. The molecule has 2 bridgehead atoms. The summed E-state index contributed by atoms with van der Waals surface area (Å²) in [6, 6.07) is 5.75. The summed E-state index contributed by atoms with van der Waals surface area (Å²) in [6.45, 7) is 8.65. The molecule has 4 rings (SSSR count). The molecule has 3 aromatic rings. The van der Waals surface area contributed by atoms with Gasteiger partial charge in [-0.1, -0.05) is 11.6 Å². The number of hydrogen-bond acceptors (Lipinski definition) is 12. The highest BCUT2D eigenvalue weighted by molar-refractivity contribution is 6.30. The van der Waals surface area contributed by atoms with Crippen molar-refractivity contribution >= 4 is 46.6 Å². The first-order chi connectivity index (χ1) is 19.8. The summed E-state index contributed by atoms with van der Waals surface area (Å²) in [5.74, 6) is -0.0542. The third-order valence-electron chi connectivity index (χ3n) is 6.04. The lowest BCUT2D eigenvalue weighted by molar-refractivity contribution is 0.00110. The van der Waals surface area contributed by atoms with E-state index in [0.717, 1.165) is 0 Å². The number of fused-ring (bicyclic) bond motifs is 4. The fourth-order valence-electron chi connectivity index (χ4n) is 3.82. The van der Waals surface area contributed by atoms with Crippen LogP contribution in [0.3, 0.4) is 0 Å². The molecule has 4 heterocycles. The Morgan fingerprint density at radius 1 is 1.21 bits per heavy atom. The topological polar surface area (TPSA) is 177 Å². The molecule has 14 nitrogen and oxygen atoms in total. The number of methoxy groups -OCH3 is 1. The van der Waals surface area contributed by atoms with Crippen LogP contribution < -0.4 is 20.9 Å². The Kier molecular flexibility index (Phi) is 8.78. The zero-order valence-corrected chi connectivity index (χ0v) is 25.0. The average Bonchev–Trinajstić information content (AvgIpc) is 2.97. The predicted octanol–water partition coefficient (Wildman–Crippen LogP) is 4.59. The summed E-state index contributed by atoms with van der Waals surface area (Å²) in [6.07, 6.45) is -0.0966. The van der Waals surface area contributed by atoms with Gasteiger partial charge in [-0.05, 0) is 58.9 Å². The molecule has 2 atom stereocenters. The molecule has 42 heavy (non-hydrogen) atoms. The van der Waals surface area contributed by atoms with Gasteiger partial charge < -0.3 is 30.4 Å². The van der Waals surface area contributed by atoms with Gasteiger partial charge in [-0.3, -0.25) is 10.3 Å². The molecule has 0 saturated heterocycles. The largest absolute Gasteiger partial charge is 0.467 e. The lowest BCUT2D eigenvalue weighted by atomic mass is 10.1. The van der Waals surface area contributed by atoms with E-state index in [9.17, 15) is 9.59 Å². The minimum absolute atomic E-state index is 0.0215. The SMILES string of the molecule is COc1nc(C(C)=N)c2c(n1)-c1cc(NC(=O)c3ccc(Cl)cn3)nc(c1)NC(C(C)N(C)C(=O)OC(C)(C)C)ON2. The van der Waals surface area contributed by atoms with Gasteiger partial charge in [-0.15, -0.1) is 0 Å². The normalized spacial score (nSPS) is 14.9. The van der Waals surface area contributed by atoms with E-state index in [1.165, 1.54) is 24.3 Å². The maximum Gasteiger partial charge on any atom is 0.410 e. The summed E-state index contributed by atoms with van der Waals surface area (Å²) in [7, 11) is 3.00. The maximum absolute atomic E-state index is 13.0. The van der Waals surface area contributed by atoms with Gasteiger partial charge in [-0.2, -0.15) is 9.97 Å². The van der Waals surface area contributed by atoms with Gasteiger partial charge in [0.05, 0.1) is 23.9 Å². The van der Waals surface area contributed by atoms with Crippen molar-refractivity contribution in [3.05, 3.63) is 46.9 Å². The smallest absolute Gasteiger partial charge is 0.410 e. The van der Waals surface area contributed by atoms with Gasteiger partial charge in [0.1, 0.15) is 40.0 Å². The number of carbonyl (C=O) groups is 2. The van der Waals surface area contributed by atoms with E-state index >= 15 is 0 Å². The number of carbonyl (C=O) groups excluding carboxylic acids is 2. The van der Waals surface area contributed by atoms with Crippen molar-refractivity contribution in [1.29, 1.82) is 5.41 Å². The molecule has 0 aliphatic carbocycles. The number of rotatable bonds is 6. The number of ether oxygens (including phenoxy) is 2. The van der Waals surface area contributed by atoms with Crippen LogP contribution in [-0.4, -0.2) is 74.6 Å². The fourth-order valence-corrected chi connectivity index (χ4v) is 3.94. The van der Waals surface area contributed by atoms with E-state index in [4.69, 9.17) is 31.3 Å². The number of nitrogens with one attached hydrogen (secondary N) is 4. The molecule has 0 spiro atoms. The molecular formula is C27H32ClN9O5. The van der Waals surface area contributed by atoms with Crippen molar-refractivity contribution < 1.29 is 23.9 Å². The highest BCUT2D eigenvalue weighted by Gasteiger charge is 2.32. The minimum atomic E-state index is -0.904. The Morgan fingerprint density at radius 2 is 1.95 bits per heavy atom. The van der Waals surface area contributed by atoms with Gasteiger partial charge in [-0.25, -0.2) is 19.6 Å². The summed E-state index contributed by atoms with van der Waals surface area (Å²) in [4.78, 5) is 50.7. The van der Waals surface area contributed by atoms with Crippen LogP contribution in [0.2, 0.25) is 5.02 Å². The molecule has 0 saturated carbocycles. The second-order valence-corrected chi connectivity index (χ2v) is 10.9. The van der Waals surface area contributed by atoms with Crippen LogP contribution in [0.4, 0.5) is 22.1 Å². The van der Waals surface area contributed by atoms with Gasteiger partial charge in [0, 0.05) is 18.8 Å². The molecule has 1 aliphatic heterocycles. The Balaban J connectivity index is 1.79.